The van der Waals surface area contributed by atoms with Crippen LogP contribution >= 0.6 is 11.6 Å². The van der Waals surface area contributed by atoms with Crippen molar-refractivity contribution in [1.29, 1.82) is 0 Å². The minimum Gasteiger partial charge on any atom is -0.473 e. The first-order valence-electron chi connectivity index (χ1n) is 6.72. The summed E-state index contributed by atoms with van der Waals surface area (Å²) in [6.45, 7) is 3.27. The fourth-order valence-corrected chi connectivity index (χ4v) is 2.01. The lowest BCUT2D eigenvalue weighted by atomic mass is 10.2. The van der Waals surface area contributed by atoms with Gasteiger partial charge in [0.05, 0.1) is 0 Å². The summed E-state index contributed by atoms with van der Waals surface area (Å²) in [7, 11) is 0. The van der Waals surface area contributed by atoms with Gasteiger partial charge in [-0.05, 0) is 53.6 Å². The highest BCUT2D eigenvalue weighted by Crippen LogP contribution is 2.25. The molecule has 0 saturated carbocycles. The molecule has 0 saturated heterocycles. The number of aromatic nitrogens is 1. The number of hydrogen-bond acceptors (Lipinski definition) is 5. The van der Waals surface area contributed by atoms with E-state index in [9.17, 15) is 14.9 Å². The summed E-state index contributed by atoms with van der Waals surface area (Å²) >= 11 is 6.00. The van der Waals surface area contributed by atoms with E-state index in [1.807, 2.05) is 0 Å². The van der Waals surface area contributed by atoms with Crippen molar-refractivity contribution in [3.8, 4) is 5.75 Å². The molecule has 0 fully saturated rings. The Kier molecular flexibility index (Phi) is 5.13. The first-order chi connectivity index (χ1) is 10.9. The van der Waals surface area contributed by atoms with Crippen LogP contribution in [0, 0.1) is 17.0 Å². The summed E-state index contributed by atoms with van der Waals surface area (Å²) in [5.41, 5.74) is 1.28. The smallest absolute Gasteiger partial charge is 0.406 e. The molecule has 1 heterocycles. The van der Waals surface area contributed by atoms with Gasteiger partial charge in [-0.2, -0.15) is 0 Å². The zero-order chi connectivity index (χ0) is 17.0. The third-order valence-corrected chi connectivity index (χ3v) is 3.53. The molecule has 23 heavy (non-hydrogen) atoms. The zero-order valence-electron chi connectivity index (χ0n) is 12.4. The van der Waals surface area contributed by atoms with E-state index in [-0.39, 0.29) is 5.75 Å². The Balaban J connectivity index is 2.12. The van der Waals surface area contributed by atoms with Gasteiger partial charge in [-0.15, -0.1) is 0 Å². The highest BCUT2D eigenvalue weighted by atomic mass is 35.5. The second-order valence-electron chi connectivity index (χ2n) is 4.74. The van der Waals surface area contributed by atoms with Gasteiger partial charge in [0, 0.05) is 10.7 Å². The molecule has 0 bridgehead atoms. The zero-order valence-corrected chi connectivity index (χ0v) is 13.2. The van der Waals surface area contributed by atoms with Crippen molar-refractivity contribution < 1.29 is 14.5 Å². The van der Waals surface area contributed by atoms with Gasteiger partial charge in [0.25, 0.3) is 5.91 Å². The van der Waals surface area contributed by atoms with Gasteiger partial charge in [-0.25, -0.2) is 0 Å². The predicted molar refractivity (Wildman–Crippen MR) is 85.8 cm³/mol. The fourth-order valence-electron chi connectivity index (χ4n) is 1.83. The highest BCUT2D eigenvalue weighted by molar-refractivity contribution is 6.31. The Hall–Kier alpha value is -2.67. The van der Waals surface area contributed by atoms with Gasteiger partial charge in [-0.3, -0.25) is 4.79 Å². The van der Waals surface area contributed by atoms with E-state index < -0.39 is 22.8 Å². The minimum absolute atomic E-state index is 0.0667. The molecule has 0 spiro atoms. The van der Waals surface area contributed by atoms with Crippen molar-refractivity contribution >= 4 is 29.0 Å². The lowest BCUT2D eigenvalue weighted by Crippen LogP contribution is -2.30. The molecule has 8 heteroatoms. The molecule has 0 aliphatic carbocycles. The van der Waals surface area contributed by atoms with Gasteiger partial charge < -0.3 is 20.2 Å². The summed E-state index contributed by atoms with van der Waals surface area (Å²) in [5.74, 6) is -0.956. The molecule has 1 amide bonds. The number of hydrogen-bond donors (Lipinski definition) is 1. The van der Waals surface area contributed by atoms with Crippen LogP contribution in [0.4, 0.5) is 11.5 Å². The normalized spacial score (nSPS) is 11.6. The molecule has 1 aromatic heterocycles. The number of carbonyl (C=O) groups excluding carboxylic acids is 1. The standard InChI is InChI=1S/C15H14ClN3O4/c1-9-11(16)5-3-6-12(9)18-15(20)10(2)23-13-7-4-8-17-14(13)19(21)22/h3-8,10H,1-2H3,(H,18,20). The summed E-state index contributed by atoms with van der Waals surface area (Å²) < 4.78 is 5.36. The molecule has 1 atom stereocenters. The number of amides is 1. The Labute approximate surface area is 137 Å². The largest absolute Gasteiger partial charge is 0.473 e. The molecule has 120 valence electrons. The monoisotopic (exact) mass is 335 g/mol. The SMILES string of the molecule is Cc1c(Cl)cccc1NC(=O)C(C)Oc1cccnc1[N+](=O)[O-]. The van der Waals surface area contributed by atoms with Crippen molar-refractivity contribution in [2.45, 2.75) is 20.0 Å². The van der Waals surface area contributed by atoms with Crippen LogP contribution in [-0.2, 0) is 4.79 Å². The highest BCUT2D eigenvalue weighted by Gasteiger charge is 2.22. The van der Waals surface area contributed by atoms with Crippen molar-refractivity contribution in [1.82, 2.24) is 4.98 Å². The number of halogens is 1. The molecule has 2 rings (SSSR count). The van der Waals surface area contributed by atoms with Gasteiger partial charge in [0.2, 0.25) is 5.75 Å². The topological polar surface area (TPSA) is 94.4 Å². The van der Waals surface area contributed by atoms with Crippen LogP contribution in [0.5, 0.6) is 5.75 Å². The van der Waals surface area contributed by atoms with Crippen molar-refractivity contribution in [2.75, 3.05) is 5.32 Å². The summed E-state index contributed by atoms with van der Waals surface area (Å²) in [4.78, 5) is 26.0. The van der Waals surface area contributed by atoms with Crippen LogP contribution in [0.3, 0.4) is 0 Å². The summed E-state index contributed by atoms with van der Waals surface area (Å²) in [6, 6.07) is 8.01. The molecule has 1 N–H and O–H groups in total. The number of benzene rings is 1. The molecule has 7 nitrogen and oxygen atoms in total. The number of carbonyl (C=O) groups is 1. The van der Waals surface area contributed by atoms with E-state index >= 15 is 0 Å². The number of ether oxygens (including phenoxy) is 1. The Morgan fingerprint density at radius 3 is 2.83 bits per heavy atom. The third kappa shape index (κ3) is 3.95. The second kappa shape index (κ2) is 7.06. The third-order valence-electron chi connectivity index (χ3n) is 3.12. The van der Waals surface area contributed by atoms with Crippen molar-refractivity contribution in [2.24, 2.45) is 0 Å². The van der Waals surface area contributed by atoms with E-state index in [1.165, 1.54) is 25.3 Å². The maximum absolute atomic E-state index is 12.2. The minimum atomic E-state index is -0.948. The number of rotatable bonds is 5. The van der Waals surface area contributed by atoms with E-state index in [0.717, 1.165) is 5.56 Å². The van der Waals surface area contributed by atoms with Crippen LogP contribution in [0.2, 0.25) is 5.02 Å². The molecule has 2 aromatic rings. The maximum Gasteiger partial charge on any atom is 0.406 e. The van der Waals surface area contributed by atoms with Gasteiger partial charge in [-0.1, -0.05) is 17.7 Å². The number of nitrogens with zero attached hydrogens (tertiary/aromatic N) is 2. The molecule has 0 aliphatic rings. The number of pyridine rings is 1. The average molecular weight is 336 g/mol. The number of nitrogens with one attached hydrogen (secondary N) is 1. The Morgan fingerprint density at radius 1 is 1.39 bits per heavy atom. The summed E-state index contributed by atoms with van der Waals surface area (Å²) in [6.07, 6.45) is 0.335. The average Bonchev–Trinajstić information content (AvgIpc) is 2.52. The second-order valence-corrected chi connectivity index (χ2v) is 5.15. The molecule has 1 unspecified atom stereocenters. The van der Waals surface area contributed by atoms with Crippen LogP contribution in [-0.4, -0.2) is 21.9 Å². The van der Waals surface area contributed by atoms with Crippen LogP contribution in [0.15, 0.2) is 36.5 Å². The number of anilines is 1. The van der Waals surface area contributed by atoms with Crippen LogP contribution in [0.1, 0.15) is 12.5 Å². The predicted octanol–water partition coefficient (Wildman–Crippen LogP) is 3.36. The maximum atomic E-state index is 12.2. The Bertz CT molecular complexity index is 751. The molecule has 1 aromatic carbocycles. The lowest BCUT2D eigenvalue weighted by Gasteiger charge is -2.15. The van der Waals surface area contributed by atoms with E-state index in [1.54, 1.807) is 25.1 Å². The first-order valence-corrected chi connectivity index (χ1v) is 7.10. The van der Waals surface area contributed by atoms with E-state index in [0.29, 0.717) is 10.7 Å². The van der Waals surface area contributed by atoms with Crippen molar-refractivity contribution in [3.05, 3.63) is 57.2 Å². The lowest BCUT2D eigenvalue weighted by molar-refractivity contribution is -0.390. The van der Waals surface area contributed by atoms with Gasteiger partial charge >= 0.3 is 5.82 Å². The quantitative estimate of drug-likeness (QED) is 0.667. The fraction of sp³-hybridized carbons (Fsp3) is 0.200. The van der Waals surface area contributed by atoms with E-state index in [4.69, 9.17) is 16.3 Å². The van der Waals surface area contributed by atoms with Crippen LogP contribution in [0.25, 0.3) is 0 Å². The van der Waals surface area contributed by atoms with Gasteiger partial charge in [0.15, 0.2) is 6.10 Å². The van der Waals surface area contributed by atoms with Gasteiger partial charge in [0.1, 0.15) is 6.20 Å². The number of nitro groups is 1. The molecule has 0 radical (unpaired) electrons. The Morgan fingerprint density at radius 2 is 2.13 bits per heavy atom. The van der Waals surface area contributed by atoms with Crippen molar-refractivity contribution in [3.63, 3.8) is 0 Å². The first kappa shape index (κ1) is 16.7. The summed E-state index contributed by atoms with van der Waals surface area (Å²) in [5, 5.41) is 14.1. The van der Waals surface area contributed by atoms with E-state index in [2.05, 4.69) is 10.3 Å². The molecular formula is C15H14ClN3O4. The van der Waals surface area contributed by atoms with Crippen LogP contribution < -0.4 is 10.1 Å². The molecule has 0 aliphatic heterocycles. The molecular weight excluding hydrogens is 322 g/mol.